The molecular weight excluding hydrogens is 360 g/mol. The predicted octanol–water partition coefficient (Wildman–Crippen LogP) is 4.00. The van der Waals surface area contributed by atoms with Crippen LogP contribution in [0.4, 0.5) is 5.69 Å². The minimum atomic E-state index is -0.0229. The summed E-state index contributed by atoms with van der Waals surface area (Å²) in [6.45, 7) is 5.14. The summed E-state index contributed by atoms with van der Waals surface area (Å²) in [7, 11) is 0. The number of hydrogen-bond acceptors (Lipinski definition) is 3. The number of rotatable bonds is 3. The largest absolute Gasteiger partial charge is 0.368 e. The monoisotopic (exact) mass is 380 g/mol. The molecule has 1 amide bonds. The number of carbonyl (C=O) groups excluding carboxylic acids is 1. The van der Waals surface area contributed by atoms with Crippen molar-refractivity contribution in [2.45, 2.75) is 6.92 Å². The van der Waals surface area contributed by atoms with E-state index < -0.39 is 0 Å². The number of nitrogens with zero attached hydrogens (tertiary/aromatic N) is 3. The van der Waals surface area contributed by atoms with Gasteiger partial charge in [0.25, 0.3) is 5.91 Å². The zero-order valence-electron chi connectivity index (χ0n) is 15.2. The second-order valence-corrected chi connectivity index (χ2v) is 7.12. The zero-order valence-corrected chi connectivity index (χ0v) is 15.9. The Bertz CT molecular complexity index is 960. The number of piperazine rings is 1. The molecule has 2 heterocycles. The maximum atomic E-state index is 12.8. The number of carbonyl (C=O) groups is 1. The fourth-order valence-corrected chi connectivity index (χ4v) is 3.71. The molecule has 4 rings (SSSR count). The third kappa shape index (κ3) is 3.55. The zero-order chi connectivity index (χ0) is 18.8. The van der Waals surface area contributed by atoms with E-state index in [4.69, 9.17) is 11.6 Å². The lowest BCUT2D eigenvalue weighted by Gasteiger charge is -2.36. The Hall–Kier alpha value is -2.79. The first kappa shape index (κ1) is 17.6. The van der Waals surface area contributed by atoms with Crippen LogP contribution in [0.1, 0.15) is 16.1 Å². The molecular formula is C21H21ClN4O. The number of nitrogens with one attached hydrogen (secondary N) is 1. The molecule has 1 aromatic heterocycles. The van der Waals surface area contributed by atoms with Crippen molar-refractivity contribution in [1.29, 1.82) is 0 Å². The molecule has 3 aromatic rings. The third-order valence-electron chi connectivity index (χ3n) is 4.98. The topological polar surface area (TPSA) is 52.2 Å². The maximum absolute atomic E-state index is 12.8. The van der Waals surface area contributed by atoms with Crippen LogP contribution >= 0.6 is 11.6 Å². The standard InChI is InChI=1S/C21H21ClN4O/c1-15-6-2-5-9-20(15)25-10-12-26(13-11-25)21(27)19-14-18(23-24-19)16-7-3-4-8-17(16)22/h2-9,14H,10-13H2,1H3,(H,23,24). The molecule has 27 heavy (non-hydrogen) atoms. The molecule has 0 radical (unpaired) electrons. The Morgan fingerprint density at radius 2 is 1.74 bits per heavy atom. The number of anilines is 1. The number of aromatic nitrogens is 2. The fourth-order valence-electron chi connectivity index (χ4n) is 3.48. The average molecular weight is 381 g/mol. The number of aryl methyl sites for hydroxylation is 1. The quantitative estimate of drug-likeness (QED) is 0.747. The van der Waals surface area contributed by atoms with Gasteiger partial charge in [-0.3, -0.25) is 9.89 Å². The van der Waals surface area contributed by atoms with Crippen LogP contribution in [-0.4, -0.2) is 47.2 Å². The van der Waals surface area contributed by atoms with Gasteiger partial charge in [0.1, 0.15) is 5.69 Å². The van der Waals surface area contributed by atoms with Crippen molar-refractivity contribution < 1.29 is 4.79 Å². The van der Waals surface area contributed by atoms with Crippen molar-refractivity contribution in [3.63, 3.8) is 0 Å². The lowest BCUT2D eigenvalue weighted by atomic mass is 10.1. The van der Waals surface area contributed by atoms with Gasteiger partial charge in [-0.2, -0.15) is 5.10 Å². The van der Waals surface area contributed by atoms with Gasteiger partial charge < -0.3 is 9.80 Å². The van der Waals surface area contributed by atoms with Gasteiger partial charge in [-0.25, -0.2) is 0 Å². The summed E-state index contributed by atoms with van der Waals surface area (Å²) >= 11 is 6.23. The van der Waals surface area contributed by atoms with E-state index in [-0.39, 0.29) is 5.91 Å². The van der Waals surface area contributed by atoms with Crippen LogP contribution in [0.15, 0.2) is 54.6 Å². The van der Waals surface area contributed by atoms with Gasteiger partial charge in [0.2, 0.25) is 0 Å². The average Bonchev–Trinajstić information content (AvgIpc) is 3.18. The molecule has 1 fully saturated rings. The third-order valence-corrected chi connectivity index (χ3v) is 5.31. The van der Waals surface area contributed by atoms with E-state index in [9.17, 15) is 4.79 Å². The highest BCUT2D eigenvalue weighted by Gasteiger charge is 2.24. The number of benzene rings is 2. The van der Waals surface area contributed by atoms with Crippen molar-refractivity contribution >= 4 is 23.2 Å². The Morgan fingerprint density at radius 1 is 1.04 bits per heavy atom. The van der Waals surface area contributed by atoms with E-state index in [1.54, 1.807) is 6.07 Å². The number of amides is 1. The van der Waals surface area contributed by atoms with Gasteiger partial charge >= 0.3 is 0 Å². The summed E-state index contributed by atoms with van der Waals surface area (Å²) in [5, 5.41) is 7.76. The molecule has 0 saturated carbocycles. The van der Waals surface area contributed by atoms with Gasteiger partial charge in [0.05, 0.1) is 10.7 Å². The number of hydrogen-bond donors (Lipinski definition) is 1. The molecule has 0 bridgehead atoms. The number of H-pyrrole nitrogens is 1. The van der Waals surface area contributed by atoms with Gasteiger partial charge in [-0.15, -0.1) is 0 Å². The van der Waals surface area contributed by atoms with Crippen molar-refractivity contribution in [3.8, 4) is 11.3 Å². The van der Waals surface area contributed by atoms with E-state index in [1.165, 1.54) is 11.3 Å². The van der Waals surface area contributed by atoms with Crippen LogP contribution in [0, 0.1) is 6.92 Å². The van der Waals surface area contributed by atoms with E-state index in [1.807, 2.05) is 35.2 Å². The van der Waals surface area contributed by atoms with Gasteiger partial charge in [-0.05, 0) is 30.7 Å². The Morgan fingerprint density at radius 3 is 2.48 bits per heavy atom. The molecule has 5 nitrogen and oxygen atoms in total. The second-order valence-electron chi connectivity index (χ2n) is 6.71. The van der Waals surface area contributed by atoms with Crippen molar-refractivity contribution in [1.82, 2.24) is 15.1 Å². The SMILES string of the molecule is Cc1ccccc1N1CCN(C(=O)c2cc(-c3ccccc3Cl)n[nH]2)CC1. The summed E-state index contributed by atoms with van der Waals surface area (Å²) in [4.78, 5) is 17.1. The molecule has 1 aliphatic heterocycles. The molecule has 0 aliphatic carbocycles. The molecule has 1 saturated heterocycles. The summed E-state index contributed by atoms with van der Waals surface area (Å²) in [6.07, 6.45) is 0. The predicted molar refractivity (Wildman–Crippen MR) is 108 cm³/mol. The second kappa shape index (κ2) is 7.45. The van der Waals surface area contributed by atoms with E-state index >= 15 is 0 Å². The summed E-state index contributed by atoms with van der Waals surface area (Å²) in [5.74, 6) is -0.0229. The molecule has 2 aromatic carbocycles. The van der Waals surface area contributed by atoms with Crippen LogP contribution in [0.3, 0.4) is 0 Å². The molecule has 1 aliphatic rings. The van der Waals surface area contributed by atoms with Gasteiger partial charge in [-0.1, -0.05) is 48.0 Å². The minimum Gasteiger partial charge on any atom is -0.368 e. The first-order chi connectivity index (χ1) is 13.1. The lowest BCUT2D eigenvalue weighted by molar-refractivity contribution is 0.0741. The number of aromatic amines is 1. The van der Waals surface area contributed by atoms with Crippen LogP contribution in [0.25, 0.3) is 11.3 Å². The van der Waals surface area contributed by atoms with Crippen molar-refractivity contribution in [2.24, 2.45) is 0 Å². The van der Waals surface area contributed by atoms with Crippen molar-refractivity contribution in [2.75, 3.05) is 31.1 Å². The number of halogens is 1. The molecule has 0 atom stereocenters. The molecule has 0 spiro atoms. The van der Waals surface area contributed by atoms with E-state index in [0.717, 1.165) is 18.7 Å². The fraction of sp³-hybridized carbons (Fsp3) is 0.238. The normalized spacial score (nSPS) is 14.4. The van der Waals surface area contributed by atoms with Crippen LogP contribution in [-0.2, 0) is 0 Å². The summed E-state index contributed by atoms with van der Waals surface area (Å²) in [5.41, 5.74) is 4.50. The Labute approximate surface area is 163 Å². The van der Waals surface area contributed by atoms with E-state index in [2.05, 4.69) is 40.2 Å². The summed E-state index contributed by atoms with van der Waals surface area (Å²) < 4.78 is 0. The summed E-state index contributed by atoms with van der Waals surface area (Å²) in [6, 6.07) is 17.6. The first-order valence-corrected chi connectivity index (χ1v) is 9.41. The Balaban J connectivity index is 1.44. The van der Waals surface area contributed by atoms with Crippen LogP contribution < -0.4 is 4.90 Å². The van der Waals surface area contributed by atoms with Gasteiger partial charge in [0, 0.05) is 37.4 Å². The van der Waals surface area contributed by atoms with Gasteiger partial charge in [0.15, 0.2) is 0 Å². The van der Waals surface area contributed by atoms with Crippen LogP contribution in [0.5, 0.6) is 0 Å². The molecule has 1 N–H and O–H groups in total. The first-order valence-electron chi connectivity index (χ1n) is 9.03. The minimum absolute atomic E-state index is 0.0229. The van der Waals surface area contributed by atoms with Crippen molar-refractivity contribution in [3.05, 3.63) is 70.9 Å². The van der Waals surface area contributed by atoms with E-state index in [0.29, 0.717) is 29.5 Å². The molecule has 0 unspecified atom stereocenters. The Kier molecular flexibility index (Phi) is 4.86. The lowest BCUT2D eigenvalue weighted by Crippen LogP contribution is -2.49. The highest BCUT2D eigenvalue weighted by atomic mass is 35.5. The highest BCUT2D eigenvalue weighted by molar-refractivity contribution is 6.33. The maximum Gasteiger partial charge on any atom is 0.272 e. The molecule has 6 heteroatoms. The smallest absolute Gasteiger partial charge is 0.272 e. The number of para-hydroxylation sites is 1. The molecule has 138 valence electrons. The van der Waals surface area contributed by atoms with Crippen LogP contribution in [0.2, 0.25) is 5.02 Å². The highest BCUT2D eigenvalue weighted by Crippen LogP contribution is 2.27.